The van der Waals surface area contributed by atoms with Crippen molar-refractivity contribution >= 4 is 17.8 Å². The van der Waals surface area contributed by atoms with Crippen LogP contribution in [-0.4, -0.2) is 36.1 Å². The van der Waals surface area contributed by atoms with E-state index in [0.29, 0.717) is 6.42 Å². The highest BCUT2D eigenvalue weighted by atomic mass is 16.5. The summed E-state index contributed by atoms with van der Waals surface area (Å²) in [7, 11) is 0. The van der Waals surface area contributed by atoms with Crippen LogP contribution < -0.4 is 5.32 Å². The smallest absolute Gasteiger partial charge is 0.404 e. The van der Waals surface area contributed by atoms with E-state index in [4.69, 9.17) is 9.84 Å². The molecule has 0 aliphatic carbocycles. The number of amides is 1. The number of hydrogen-bond acceptors (Lipinski definition) is 4. The van der Waals surface area contributed by atoms with Crippen LogP contribution >= 0.6 is 0 Å². The van der Waals surface area contributed by atoms with Crippen LogP contribution in [-0.2, 0) is 14.3 Å². The Hall–Kier alpha value is -1.59. The SMILES string of the molecule is CCCCOC(=O)C(=O)CCCNC(=O)O. The monoisotopic (exact) mass is 231 g/mol. The molecule has 0 aromatic rings. The third-order valence-corrected chi connectivity index (χ3v) is 1.82. The van der Waals surface area contributed by atoms with Crippen LogP contribution in [0.3, 0.4) is 0 Å². The van der Waals surface area contributed by atoms with Gasteiger partial charge in [0.15, 0.2) is 0 Å². The summed E-state index contributed by atoms with van der Waals surface area (Å²) in [5, 5.41) is 10.3. The molecule has 0 aliphatic heterocycles. The number of Topliss-reactive ketones (excluding diaryl/α,β-unsaturated/α-hetero) is 1. The zero-order valence-corrected chi connectivity index (χ0v) is 9.32. The van der Waals surface area contributed by atoms with Crippen molar-refractivity contribution in [2.45, 2.75) is 32.6 Å². The zero-order valence-electron chi connectivity index (χ0n) is 9.32. The molecule has 0 bridgehead atoms. The molecule has 0 aromatic heterocycles. The summed E-state index contributed by atoms with van der Waals surface area (Å²) in [5.74, 6) is -1.44. The Kier molecular flexibility index (Phi) is 7.83. The van der Waals surface area contributed by atoms with Gasteiger partial charge in [0.1, 0.15) is 0 Å². The fraction of sp³-hybridized carbons (Fsp3) is 0.700. The van der Waals surface area contributed by atoms with E-state index in [0.717, 1.165) is 12.8 Å². The minimum atomic E-state index is -1.14. The maximum Gasteiger partial charge on any atom is 0.404 e. The van der Waals surface area contributed by atoms with Gasteiger partial charge in [0, 0.05) is 13.0 Å². The minimum Gasteiger partial charge on any atom is -0.465 e. The first kappa shape index (κ1) is 14.4. The molecule has 0 saturated heterocycles. The number of carbonyl (C=O) groups excluding carboxylic acids is 2. The highest BCUT2D eigenvalue weighted by Gasteiger charge is 2.14. The highest BCUT2D eigenvalue weighted by molar-refractivity contribution is 6.33. The molecule has 92 valence electrons. The molecule has 0 saturated carbocycles. The van der Waals surface area contributed by atoms with E-state index in [1.165, 1.54) is 0 Å². The van der Waals surface area contributed by atoms with Gasteiger partial charge in [0.05, 0.1) is 6.61 Å². The van der Waals surface area contributed by atoms with Gasteiger partial charge in [-0.25, -0.2) is 9.59 Å². The van der Waals surface area contributed by atoms with Crippen LogP contribution in [0.4, 0.5) is 4.79 Å². The Morgan fingerprint density at radius 1 is 1.25 bits per heavy atom. The largest absolute Gasteiger partial charge is 0.465 e. The molecule has 0 heterocycles. The summed E-state index contributed by atoms with van der Waals surface area (Å²) < 4.78 is 4.70. The van der Waals surface area contributed by atoms with E-state index in [1.54, 1.807) is 0 Å². The van der Waals surface area contributed by atoms with Gasteiger partial charge >= 0.3 is 12.1 Å². The molecule has 0 radical (unpaired) electrons. The van der Waals surface area contributed by atoms with Crippen molar-refractivity contribution in [3.63, 3.8) is 0 Å². The number of carboxylic acid groups (broad SMARTS) is 1. The number of ether oxygens (including phenoxy) is 1. The Bertz CT molecular complexity index is 252. The van der Waals surface area contributed by atoms with E-state index in [-0.39, 0.29) is 19.6 Å². The van der Waals surface area contributed by atoms with Crippen molar-refractivity contribution in [3.8, 4) is 0 Å². The van der Waals surface area contributed by atoms with E-state index in [1.807, 2.05) is 6.92 Å². The Morgan fingerprint density at radius 2 is 1.94 bits per heavy atom. The molecule has 6 nitrogen and oxygen atoms in total. The first-order valence-electron chi connectivity index (χ1n) is 5.24. The normalized spacial score (nSPS) is 9.56. The second kappa shape index (κ2) is 8.70. The minimum absolute atomic E-state index is 0.00520. The number of carbonyl (C=O) groups is 3. The predicted octanol–water partition coefficient (Wildman–Crippen LogP) is 0.947. The lowest BCUT2D eigenvalue weighted by molar-refractivity contribution is -0.154. The molecule has 0 unspecified atom stereocenters. The van der Waals surface area contributed by atoms with Gasteiger partial charge in [-0.2, -0.15) is 0 Å². The number of hydrogen-bond donors (Lipinski definition) is 2. The first-order chi connectivity index (χ1) is 7.57. The van der Waals surface area contributed by atoms with E-state index >= 15 is 0 Å². The molecule has 0 aromatic carbocycles. The van der Waals surface area contributed by atoms with Crippen LogP contribution in [0.5, 0.6) is 0 Å². The summed E-state index contributed by atoms with van der Waals surface area (Å²) in [5.41, 5.74) is 0. The highest BCUT2D eigenvalue weighted by Crippen LogP contribution is 1.95. The van der Waals surface area contributed by atoms with Crippen LogP contribution in [0.15, 0.2) is 0 Å². The van der Waals surface area contributed by atoms with Crippen molar-refractivity contribution < 1.29 is 24.2 Å². The maximum atomic E-state index is 11.1. The number of unbranched alkanes of at least 4 members (excludes halogenated alkanes) is 1. The molecular formula is C10H17NO5. The van der Waals surface area contributed by atoms with Crippen molar-refractivity contribution in [1.29, 1.82) is 0 Å². The van der Waals surface area contributed by atoms with E-state index in [9.17, 15) is 14.4 Å². The third-order valence-electron chi connectivity index (χ3n) is 1.82. The fourth-order valence-corrected chi connectivity index (χ4v) is 0.936. The second-order valence-corrected chi connectivity index (χ2v) is 3.25. The molecule has 0 rings (SSSR count). The van der Waals surface area contributed by atoms with Gasteiger partial charge in [0.25, 0.3) is 0 Å². The van der Waals surface area contributed by atoms with Crippen molar-refractivity contribution in [2.75, 3.05) is 13.2 Å². The lowest BCUT2D eigenvalue weighted by Gasteiger charge is -2.03. The fourth-order valence-electron chi connectivity index (χ4n) is 0.936. The quantitative estimate of drug-likeness (QED) is 0.368. The lowest BCUT2D eigenvalue weighted by atomic mass is 10.2. The van der Waals surface area contributed by atoms with Gasteiger partial charge in [-0.15, -0.1) is 0 Å². The maximum absolute atomic E-state index is 11.1. The summed E-state index contributed by atoms with van der Waals surface area (Å²) >= 11 is 0. The molecule has 2 N–H and O–H groups in total. The topological polar surface area (TPSA) is 92.7 Å². The third kappa shape index (κ3) is 7.78. The average Bonchev–Trinajstić information content (AvgIpc) is 2.24. The van der Waals surface area contributed by atoms with Gasteiger partial charge in [-0.1, -0.05) is 13.3 Å². The Balaban J connectivity index is 3.55. The van der Waals surface area contributed by atoms with Gasteiger partial charge < -0.3 is 15.2 Å². The van der Waals surface area contributed by atoms with Gasteiger partial charge in [-0.3, -0.25) is 4.79 Å². The second-order valence-electron chi connectivity index (χ2n) is 3.25. The summed E-state index contributed by atoms with van der Waals surface area (Å²) in [4.78, 5) is 32.2. The molecule has 0 atom stereocenters. The number of esters is 1. The van der Waals surface area contributed by atoms with Crippen LogP contribution in [0.1, 0.15) is 32.6 Å². The van der Waals surface area contributed by atoms with Crippen molar-refractivity contribution in [3.05, 3.63) is 0 Å². The molecular weight excluding hydrogens is 214 g/mol. The molecule has 6 heteroatoms. The van der Waals surface area contributed by atoms with Crippen LogP contribution in [0.2, 0.25) is 0 Å². The summed E-state index contributed by atoms with van der Waals surface area (Å²) in [6.45, 7) is 2.37. The zero-order chi connectivity index (χ0) is 12.4. The summed E-state index contributed by atoms with van der Waals surface area (Å²) in [6, 6.07) is 0. The molecule has 1 amide bonds. The first-order valence-corrected chi connectivity index (χ1v) is 5.24. The number of nitrogens with one attached hydrogen (secondary N) is 1. The number of rotatable bonds is 8. The average molecular weight is 231 g/mol. The van der Waals surface area contributed by atoms with Gasteiger partial charge in [-0.05, 0) is 12.8 Å². The van der Waals surface area contributed by atoms with Crippen LogP contribution in [0.25, 0.3) is 0 Å². The van der Waals surface area contributed by atoms with Crippen LogP contribution in [0, 0.1) is 0 Å². The van der Waals surface area contributed by atoms with Crippen molar-refractivity contribution in [2.24, 2.45) is 0 Å². The Morgan fingerprint density at radius 3 is 2.50 bits per heavy atom. The molecule has 16 heavy (non-hydrogen) atoms. The molecule has 0 spiro atoms. The Labute approximate surface area is 94.0 Å². The predicted molar refractivity (Wildman–Crippen MR) is 56.1 cm³/mol. The standard InChI is InChI=1S/C10H17NO5/c1-2-3-7-16-9(13)8(12)5-4-6-11-10(14)15/h11H,2-7H2,1H3,(H,14,15). The summed E-state index contributed by atoms with van der Waals surface area (Å²) in [6.07, 6.45) is 0.793. The van der Waals surface area contributed by atoms with Crippen molar-refractivity contribution in [1.82, 2.24) is 5.32 Å². The van der Waals surface area contributed by atoms with E-state index in [2.05, 4.69) is 5.32 Å². The van der Waals surface area contributed by atoms with E-state index < -0.39 is 17.8 Å². The number of ketones is 1. The molecule has 0 fully saturated rings. The van der Waals surface area contributed by atoms with Gasteiger partial charge in [0.2, 0.25) is 5.78 Å². The molecule has 0 aliphatic rings. The lowest BCUT2D eigenvalue weighted by Crippen LogP contribution is -2.24.